The summed E-state index contributed by atoms with van der Waals surface area (Å²) in [6.07, 6.45) is 44.0. The quantitative estimate of drug-likeness (QED) is 0.0508. The second kappa shape index (κ2) is 39.6. The third-order valence-corrected chi connectivity index (χ3v) is 9.77. The van der Waals surface area contributed by atoms with Gasteiger partial charge >= 0.3 is 29.6 Å². The first-order valence-electron chi connectivity index (χ1n) is 20.1. The molecule has 3 nitrogen and oxygen atoms in total. The molecule has 0 aromatic heterocycles. The van der Waals surface area contributed by atoms with E-state index in [1.807, 2.05) is 0 Å². The van der Waals surface area contributed by atoms with Crippen LogP contribution >= 0.6 is 0 Å². The van der Waals surface area contributed by atoms with Crippen molar-refractivity contribution in [2.45, 2.75) is 239 Å². The van der Waals surface area contributed by atoms with Gasteiger partial charge in [-0.1, -0.05) is 201 Å². The Balaban J connectivity index is 0. The summed E-state index contributed by atoms with van der Waals surface area (Å²) in [5.74, 6) is -0.891. The Morgan fingerprint density at radius 3 is 0.932 bits per heavy atom. The first-order valence-corrected chi connectivity index (χ1v) is 20.1. The number of carbonyl (C=O) groups is 1. The maximum Gasteiger partial charge on any atom is 1.00 e. The molecule has 0 amide bonds. The Morgan fingerprint density at radius 1 is 0.455 bits per heavy atom. The molecule has 0 aliphatic rings. The van der Waals surface area contributed by atoms with E-state index in [1.165, 1.54) is 193 Å². The Labute approximate surface area is 300 Å². The largest absolute Gasteiger partial charge is 1.00 e. The van der Waals surface area contributed by atoms with Crippen LogP contribution in [0.25, 0.3) is 0 Å². The van der Waals surface area contributed by atoms with Crippen LogP contribution in [0.1, 0.15) is 233 Å². The fourth-order valence-electron chi connectivity index (χ4n) is 6.78. The van der Waals surface area contributed by atoms with Crippen LogP contribution in [0, 0.1) is 0 Å². The van der Waals surface area contributed by atoms with Crippen molar-refractivity contribution < 1.29 is 39.5 Å². The number of hydrogen-bond donors (Lipinski definition) is 0. The third-order valence-electron chi connectivity index (χ3n) is 9.77. The topological polar surface area (TPSA) is 43.4 Å². The van der Waals surface area contributed by atoms with Crippen LogP contribution in [0.3, 0.4) is 0 Å². The molecule has 0 aliphatic heterocycles. The molecule has 1 atom stereocenters. The van der Waals surface area contributed by atoms with Crippen molar-refractivity contribution in [2.24, 2.45) is 0 Å². The average Bonchev–Trinajstić information content (AvgIpc) is 3.00. The van der Waals surface area contributed by atoms with E-state index in [4.69, 9.17) is 0 Å². The summed E-state index contributed by atoms with van der Waals surface area (Å²) in [4.78, 5) is 13.8. The van der Waals surface area contributed by atoms with E-state index in [0.717, 1.165) is 25.9 Å². The fraction of sp³-hybridized carbons (Fsp3) is 0.975. The molecule has 0 rings (SSSR count). The Hall–Kier alpha value is 0.430. The van der Waals surface area contributed by atoms with Crippen molar-refractivity contribution in [1.29, 1.82) is 0 Å². The first kappa shape index (κ1) is 46.5. The van der Waals surface area contributed by atoms with Crippen LogP contribution in [-0.4, -0.2) is 30.0 Å². The van der Waals surface area contributed by atoms with E-state index in [-0.39, 0.29) is 36.0 Å². The van der Waals surface area contributed by atoms with E-state index < -0.39 is 5.97 Å². The number of nitrogens with zero attached hydrogens (tertiary/aromatic N) is 1. The Morgan fingerprint density at radius 2 is 0.705 bits per heavy atom. The molecule has 0 N–H and O–H groups in total. The molecule has 0 fully saturated rings. The zero-order valence-corrected chi connectivity index (χ0v) is 33.1. The summed E-state index contributed by atoms with van der Waals surface area (Å²) in [5, 5.41) is 11.1. The van der Waals surface area contributed by atoms with Crippen LogP contribution in [0.15, 0.2) is 0 Å². The van der Waals surface area contributed by atoms with Gasteiger partial charge in [-0.15, -0.1) is 0 Å². The van der Waals surface area contributed by atoms with Crippen molar-refractivity contribution in [1.82, 2.24) is 4.90 Å². The second-order valence-electron chi connectivity index (χ2n) is 13.9. The molecule has 0 saturated heterocycles. The molecule has 0 aromatic rings. The van der Waals surface area contributed by atoms with Crippen LogP contribution in [-0.2, 0) is 4.79 Å². The molecule has 4 heteroatoms. The molecule has 0 aromatic carbocycles. The number of aliphatic carboxylic acids is 1. The summed E-state index contributed by atoms with van der Waals surface area (Å²) >= 11 is 0. The van der Waals surface area contributed by atoms with Crippen LogP contribution in [0.4, 0.5) is 0 Å². The maximum absolute atomic E-state index is 11.1. The molecule has 44 heavy (non-hydrogen) atoms. The number of carboxylic acid groups (broad SMARTS) is 1. The molecular weight excluding hydrogens is 549 g/mol. The van der Waals surface area contributed by atoms with Gasteiger partial charge in [0.1, 0.15) is 0 Å². The number of rotatable bonds is 37. The Kier molecular flexibility index (Phi) is 41.9. The van der Waals surface area contributed by atoms with Gasteiger partial charge in [-0.3, -0.25) is 0 Å². The van der Waals surface area contributed by atoms with Gasteiger partial charge in [0.25, 0.3) is 0 Å². The molecule has 0 saturated carbocycles. The van der Waals surface area contributed by atoms with Crippen molar-refractivity contribution in [3.63, 3.8) is 0 Å². The smallest absolute Gasteiger partial charge is 0.550 e. The summed E-state index contributed by atoms with van der Waals surface area (Å²) in [6.45, 7) is 9.10. The number of hydrogen-bond acceptors (Lipinski definition) is 3. The normalized spacial score (nSPS) is 12.1. The molecular formula is C40H80NNaO2. The minimum absolute atomic E-state index is 0. The molecule has 258 valence electrons. The van der Waals surface area contributed by atoms with Gasteiger partial charge in [0, 0.05) is 12.0 Å². The minimum Gasteiger partial charge on any atom is -0.550 e. The first-order chi connectivity index (χ1) is 21.2. The van der Waals surface area contributed by atoms with Gasteiger partial charge in [-0.2, -0.15) is 0 Å². The van der Waals surface area contributed by atoms with Gasteiger partial charge in [-0.05, 0) is 45.2 Å². The van der Waals surface area contributed by atoms with Crippen molar-refractivity contribution in [3.05, 3.63) is 0 Å². The van der Waals surface area contributed by atoms with Gasteiger partial charge < -0.3 is 14.8 Å². The van der Waals surface area contributed by atoms with Gasteiger partial charge in [0.2, 0.25) is 0 Å². The average molecular weight is 630 g/mol. The summed E-state index contributed by atoms with van der Waals surface area (Å²) < 4.78 is 0. The maximum atomic E-state index is 11.1. The second-order valence-corrected chi connectivity index (χ2v) is 13.9. The summed E-state index contributed by atoms with van der Waals surface area (Å²) in [7, 11) is 0. The van der Waals surface area contributed by atoms with Crippen LogP contribution in [0.2, 0.25) is 0 Å². The zero-order chi connectivity index (χ0) is 31.5. The molecule has 0 radical (unpaired) electrons. The van der Waals surface area contributed by atoms with E-state index in [0.29, 0.717) is 6.04 Å². The molecule has 0 spiro atoms. The van der Waals surface area contributed by atoms with E-state index in [9.17, 15) is 9.90 Å². The number of unbranched alkanes of at least 4 members (excludes halogenated alkanes) is 28. The van der Waals surface area contributed by atoms with E-state index in [1.54, 1.807) is 0 Å². The van der Waals surface area contributed by atoms with Crippen molar-refractivity contribution >= 4 is 5.97 Å². The summed E-state index contributed by atoms with van der Waals surface area (Å²) in [6, 6.07) is 0.399. The van der Waals surface area contributed by atoms with Gasteiger partial charge in [0.05, 0.1) is 0 Å². The monoisotopic (exact) mass is 630 g/mol. The van der Waals surface area contributed by atoms with Crippen LogP contribution < -0.4 is 34.7 Å². The molecule has 0 aliphatic carbocycles. The zero-order valence-electron chi connectivity index (χ0n) is 31.1. The Bertz CT molecular complexity index is 509. The van der Waals surface area contributed by atoms with Crippen molar-refractivity contribution in [2.75, 3.05) is 13.1 Å². The standard InChI is InChI=1S/C40H81NO2.Na/c1-4-7-9-11-13-15-17-19-21-23-25-27-29-31-33-37-41(39(6-3)35-36-40(42)43)38-34-32-30-28-26-24-22-20-18-16-14-12-10-8-5-2;/h39H,4-38H2,1-3H3,(H,42,43);/q;+1/p-1. The van der Waals surface area contributed by atoms with Gasteiger partial charge in [-0.25, -0.2) is 0 Å². The van der Waals surface area contributed by atoms with Crippen LogP contribution in [0.5, 0.6) is 0 Å². The predicted octanol–water partition coefficient (Wildman–Crippen LogP) is 9.34. The van der Waals surface area contributed by atoms with Crippen molar-refractivity contribution in [3.8, 4) is 0 Å². The fourth-order valence-corrected chi connectivity index (χ4v) is 6.78. The van der Waals surface area contributed by atoms with E-state index in [2.05, 4.69) is 25.7 Å². The predicted molar refractivity (Wildman–Crippen MR) is 190 cm³/mol. The summed E-state index contributed by atoms with van der Waals surface area (Å²) in [5.41, 5.74) is 0. The number of carbonyl (C=O) groups excluding carboxylic acids is 1. The minimum atomic E-state index is -0.891. The third kappa shape index (κ3) is 35.3. The molecule has 0 heterocycles. The van der Waals surface area contributed by atoms with Gasteiger partial charge in [0.15, 0.2) is 0 Å². The van der Waals surface area contributed by atoms with E-state index >= 15 is 0 Å². The molecule has 0 bridgehead atoms. The molecule has 1 unspecified atom stereocenters. The SMILES string of the molecule is CCCCCCCCCCCCCCCCCN(CCCCCCCCCCCCCCCCC)C(CC)CCC(=O)[O-].[Na+]. The number of carboxylic acids is 1.